The van der Waals surface area contributed by atoms with Crippen LogP contribution in [-0.2, 0) is 19.3 Å². The first-order valence-electron chi connectivity index (χ1n) is 11.7. The lowest BCUT2D eigenvalue weighted by atomic mass is 10.0. The van der Waals surface area contributed by atoms with E-state index in [4.69, 9.17) is 14.6 Å². The van der Waals surface area contributed by atoms with Crippen molar-refractivity contribution in [1.29, 1.82) is 0 Å². The molecule has 0 heterocycles. The molecule has 0 aliphatic carbocycles. The molecule has 1 atom stereocenters. The summed E-state index contributed by atoms with van der Waals surface area (Å²) in [6.45, 7) is 4.05. The Morgan fingerprint density at radius 3 is 2.24 bits per heavy atom. The Hall–Kier alpha value is -4.16. The van der Waals surface area contributed by atoms with Crippen molar-refractivity contribution in [1.82, 2.24) is 4.90 Å². The topological polar surface area (TPSA) is 172 Å². The lowest BCUT2D eigenvalue weighted by molar-refractivity contribution is -0.757. The zero-order valence-electron chi connectivity index (χ0n) is 20.9. The molecule has 13 nitrogen and oxygen atoms in total. The summed E-state index contributed by atoms with van der Waals surface area (Å²) >= 11 is 0. The molecule has 2 aromatic rings. The average Bonchev–Trinajstić information content (AvgIpc) is 2.85. The van der Waals surface area contributed by atoms with Crippen molar-refractivity contribution < 1.29 is 39.3 Å². The molecule has 13 heteroatoms. The Kier molecular flexibility index (Phi) is 14.4. The Bertz CT molecular complexity index is 996. The molecule has 0 spiro atoms. The summed E-state index contributed by atoms with van der Waals surface area (Å²) in [4.78, 5) is 52.3. The number of ether oxygens (including phenoxy) is 1. The van der Waals surface area contributed by atoms with Crippen LogP contribution in [-0.4, -0.2) is 65.0 Å². The first-order valence-corrected chi connectivity index (χ1v) is 11.7. The van der Waals surface area contributed by atoms with Crippen LogP contribution < -0.4 is 4.74 Å². The van der Waals surface area contributed by atoms with Crippen molar-refractivity contribution in [2.75, 3.05) is 26.4 Å². The van der Waals surface area contributed by atoms with Crippen molar-refractivity contribution >= 4 is 23.2 Å². The summed E-state index contributed by atoms with van der Waals surface area (Å²) in [5.41, 5.74) is 0. The maximum Gasteiger partial charge on any atom is 0.294 e. The van der Waals surface area contributed by atoms with Gasteiger partial charge in [-0.1, -0.05) is 36.4 Å². The first kappa shape index (κ1) is 30.9. The molecular weight excluding hydrogens is 490 g/mol. The first-order chi connectivity index (χ1) is 17.7. The number of carboxylic acid groups (broad SMARTS) is 1. The minimum Gasteiger partial charge on any atom is -0.493 e. The van der Waals surface area contributed by atoms with Gasteiger partial charge in [-0.2, -0.15) is 0 Å². The van der Waals surface area contributed by atoms with Crippen LogP contribution in [0, 0.1) is 26.1 Å². The van der Waals surface area contributed by atoms with Gasteiger partial charge in [0.25, 0.3) is 16.6 Å². The minimum absolute atomic E-state index is 0.0361. The van der Waals surface area contributed by atoms with Crippen molar-refractivity contribution in [3.8, 4) is 5.75 Å². The van der Waals surface area contributed by atoms with E-state index in [1.54, 1.807) is 4.90 Å². The predicted molar refractivity (Wildman–Crippen MR) is 133 cm³/mol. The second-order valence-corrected chi connectivity index (χ2v) is 8.26. The van der Waals surface area contributed by atoms with Crippen molar-refractivity contribution in [3.63, 3.8) is 0 Å². The fraction of sp³-hybridized carbons (Fsp3) is 0.500. The molecule has 2 rings (SSSR count). The van der Waals surface area contributed by atoms with Crippen LogP contribution in [0.1, 0.15) is 39.5 Å². The molecule has 0 radical (unpaired) electrons. The van der Waals surface area contributed by atoms with Crippen LogP contribution in [0.25, 0.3) is 10.8 Å². The van der Waals surface area contributed by atoms with Crippen molar-refractivity contribution in [3.05, 3.63) is 62.7 Å². The number of fused-ring (bicyclic) bond motifs is 1. The van der Waals surface area contributed by atoms with Crippen LogP contribution in [0.15, 0.2) is 42.5 Å². The van der Waals surface area contributed by atoms with Crippen LogP contribution in [0.3, 0.4) is 0 Å². The van der Waals surface area contributed by atoms with Gasteiger partial charge >= 0.3 is 0 Å². The summed E-state index contributed by atoms with van der Waals surface area (Å²) in [6, 6.07) is 13.6. The Balaban J connectivity index is 0.00000217. The fourth-order valence-electron chi connectivity index (χ4n) is 3.65. The summed E-state index contributed by atoms with van der Waals surface area (Å²) in [5.74, 6) is 0.485. The van der Waals surface area contributed by atoms with E-state index in [1.807, 2.05) is 56.3 Å². The largest absolute Gasteiger partial charge is 0.493 e. The van der Waals surface area contributed by atoms with Crippen LogP contribution in [0.4, 0.5) is 0 Å². The highest BCUT2D eigenvalue weighted by atomic mass is 17.0. The standard InChI is InChI=1S/C23H31N3O8.CH2O2/c1-18(2)24(23(27)13-7-15-34-26(30)31)16-19(8-6-14-33-25(28)29)17-32-22-12-5-10-20-9-3-4-11-21(20)22;2-1-3/h3-5,9-12,18-19H,6-8,13-17H2,1-2H3;1H,(H,2,3). The number of amides is 1. The van der Waals surface area contributed by atoms with Gasteiger partial charge in [-0.25, -0.2) is 0 Å². The highest BCUT2D eigenvalue weighted by molar-refractivity contribution is 5.88. The molecule has 204 valence electrons. The number of benzene rings is 2. The van der Waals surface area contributed by atoms with E-state index in [0.717, 1.165) is 16.5 Å². The summed E-state index contributed by atoms with van der Waals surface area (Å²) in [5, 5.41) is 28.0. The van der Waals surface area contributed by atoms with Gasteiger partial charge in [0.05, 0.1) is 19.8 Å². The third-order valence-corrected chi connectivity index (χ3v) is 5.31. The SMILES string of the molecule is CC(C)N(CC(CCCO[N+](=O)[O-])COc1cccc2ccccc12)C(=O)CCCO[N+](=O)[O-].O=CO. The molecule has 0 bridgehead atoms. The number of nitrogens with zero attached hydrogens (tertiary/aromatic N) is 3. The molecule has 2 aromatic carbocycles. The average molecular weight is 524 g/mol. The van der Waals surface area contributed by atoms with Gasteiger partial charge in [-0.15, -0.1) is 20.2 Å². The molecule has 0 aromatic heterocycles. The maximum atomic E-state index is 12.8. The molecule has 1 amide bonds. The summed E-state index contributed by atoms with van der Waals surface area (Å²) < 4.78 is 6.14. The van der Waals surface area contributed by atoms with E-state index in [9.17, 15) is 25.0 Å². The molecule has 37 heavy (non-hydrogen) atoms. The van der Waals surface area contributed by atoms with Crippen LogP contribution >= 0.6 is 0 Å². The molecule has 1 N–H and O–H groups in total. The fourth-order valence-corrected chi connectivity index (χ4v) is 3.65. The van der Waals surface area contributed by atoms with Gasteiger partial charge in [-0.3, -0.25) is 9.59 Å². The number of carbonyl (C=O) groups is 2. The van der Waals surface area contributed by atoms with E-state index >= 15 is 0 Å². The number of carbonyl (C=O) groups excluding carboxylic acids is 1. The van der Waals surface area contributed by atoms with E-state index in [1.165, 1.54) is 0 Å². The molecule has 0 aliphatic rings. The quantitative estimate of drug-likeness (QED) is 0.148. The minimum atomic E-state index is -0.877. The normalized spacial score (nSPS) is 11.1. The van der Waals surface area contributed by atoms with Gasteiger partial charge in [0, 0.05) is 30.3 Å². The molecule has 0 aliphatic heterocycles. The molecule has 0 fully saturated rings. The van der Waals surface area contributed by atoms with Gasteiger partial charge in [0.1, 0.15) is 5.75 Å². The Morgan fingerprint density at radius 1 is 1.03 bits per heavy atom. The monoisotopic (exact) mass is 523 g/mol. The molecular formula is C24H33N3O10. The van der Waals surface area contributed by atoms with E-state index < -0.39 is 10.2 Å². The van der Waals surface area contributed by atoms with Crippen molar-refractivity contribution in [2.24, 2.45) is 5.92 Å². The third-order valence-electron chi connectivity index (χ3n) is 5.31. The number of hydrogen-bond acceptors (Lipinski definition) is 9. The van der Waals surface area contributed by atoms with Crippen LogP contribution in [0.5, 0.6) is 5.75 Å². The highest BCUT2D eigenvalue weighted by Crippen LogP contribution is 2.26. The van der Waals surface area contributed by atoms with E-state index in [0.29, 0.717) is 26.0 Å². The van der Waals surface area contributed by atoms with Gasteiger partial charge in [0.15, 0.2) is 0 Å². The molecule has 0 saturated heterocycles. The molecule has 1 unspecified atom stereocenters. The van der Waals surface area contributed by atoms with Gasteiger partial charge < -0.3 is 24.4 Å². The summed E-state index contributed by atoms with van der Waals surface area (Å²) in [6.07, 6.45) is 1.34. The predicted octanol–water partition coefficient (Wildman–Crippen LogP) is 3.75. The highest BCUT2D eigenvalue weighted by Gasteiger charge is 2.22. The maximum absolute atomic E-state index is 12.8. The third kappa shape index (κ3) is 12.4. The van der Waals surface area contributed by atoms with Gasteiger partial charge in [0.2, 0.25) is 5.91 Å². The number of rotatable bonds is 16. The summed E-state index contributed by atoms with van der Waals surface area (Å²) in [7, 11) is 0. The lowest BCUT2D eigenvalue weighted by Crippen LogP contribution is -2.41. The second kappa shape index (κ2) is 17.3. The Morgan fingerprint density at radius 2 is 1.62 bits per heavy atom. The Labute approximate surface area is 214 Å². The van der Waals surface area contributed by atoms with Crippen molar-refractivity contribution in [2.45, 2.75) is 45.6 Å². The second-order valence-electron chi connectivity index (χ2n) is 8.26. The lowest BCUT2D eigenvalue weighted by Gasteiger charge is -2.31. The van der Waals surface area contributed by atoms with Crippen LogP contribution in [0.2, 0.25) is 0 Å². The van der Waals surface area contributed by atoms with E-state index in [2.05, 4.69) is 9.68 Å². The molecule has 0 saturated carbocycles. The zero-order chi connectivity index (χ0) is 27.6. The van der Waals surface area contributed by atoms with E-state index in [-0.39, 0.29) is 50.4 Å². The smallest absolute Gasteiger partial charge is 0.294 e. The van der Waals surface area contributed by atoms with Gasteiger partial charge in [-0.05, 0) is 44.6 Å². The zero-order valence-corrected chi connectivity index (χ0v) is 20.9. The number of hydrogen-bond donors (Lipinski definition) is 1.